The van der Waals surface area contributed by atoms with Crippen molar-refractivity contribution in [3.8, 4) is 0 Å². The van der Waals surface area contributed by atoms with Crippen LogP contribution in [0, 0.1) is 13.8 Å². The average molecular weight is 362 g/mol. The van der Waals surface area contributed by atoms with Crippen LogP contribution in [0.4, 0.5) is 11.5 Å². The summed E-state index contributed by atoms with van der Waals surface area (Å²) in [6.07, 6.45) is 2.57. The van der Waals surface area contributed by atoms with E-state index < -0.39 is 0 Å². The van der Waals surface area contributed by atoms with Crippen molar-refractivity contribution in [2.75, 3.05) is 10.2 Å². The fourth-order valence-electron chi connectivity index (χ4n) is 2.41. The van der Waals surface area contributed by atoms with Gasteiger partial charge in [-0.25, -0.2) is 9.97 Å². The van der Waals surface area contributed by atoms with Crippen molar-refractivity contribution in [3.05, 3.63) is 58.1 Å². The number of thioether (sulfide) groups is 1. The van der Waals surface area contributed by atoms with Crippen LogP contribution in [0.3, 0.4) is 0 Å². The van der Waals surface area contributed by atoms with Crippen LogP contribution in [0.2, 0.25) is 5.15 Å². The highest BCUT2D eigenvalue weighted by molar-refractivity contribution is 8.04. The normalized spacial score (nSPS) is 16.7. The average Bonchev–Trinajstić information content (AvgIpc) is 2.89. The number of rotatable bonds is 5. The Bertz CT molecular complexity index is 778. The van der Waals surface area contributed by atoms with Crippen LogP contribution in [0.1, 0.15) is 11.4 Å². The van der Waals surface area contributed by atoms with E-state index in [0.29, 0.717) is 23.2 Å². The Kier molecular flexibility index (Phi) is 4.92. The van der Waals surface area contributed by atoms with E-state index in [1.165, 1.54) is 11.8 Å². The number of aromatic nitrogens is 2. The molecule has 0 fully saturated rings. The maximum atomic E-state index is 10.8. The van der Waals surface area contributed by atoms with Crippen LogP contribution in [0.15, 0.2) is 41.6 Å². The van der Waals surface area contributed by atoms with Crippen molar-refractivity contribution < 1.29 is 4.79 Å². The molecule has 0 spiro atoms. The molecular formula is C16H16ClN5OS. The lowest BCUT2D eigenvalue weighted by Crippen LogP contribution is -2.32. The SMILES string of the molecule is Cc1nc(Cl)cc(NC2SC(NC=O)=CN2c2ccccc2C)n1. The van der Waals surface area contributed by atoms with E-state index in [4.69, 9.17) is 11.6 Å². The second kappa shape index (κ2) is 7.11. The largest absolute Gasteiger partial charge is 0.341 e. The Morgan fingerprint density at radius 2 is 2.08 bits per heavy atom. The molecule has 1 aromatic heterocycles. The van der Waals surface area contributed by atoms with Crippen LogP contribution in [-0.2, 0) is 4.79 Å². The number of carbonyl (C=O) groups is 1. The number of para-hydroxylation sites is 1. The van der Waals surface area contributed by atoms with Crippen molar-refractivity contribution in [2.45, 2.75) is 19.3 Å². The Morgan fingerprint density at radius 3 is 2.79 bits per heavy atom. The molecule has 8 heteroatoms. The first-order valence-corrected chi connectivity index (χ1v) is 8.53. The number of nitrogens with one attached hydrogen (secondary N) is 2. The summed E-state index contributed by atoms with van der Waals surface area (Å²) in [6.45, 7) is 3.83. The van der Waals surface area contributed by atoms with E-state index in [1.54, 1.807) is 13.0 Å². The molecule has 0 bridgehead atoms. The quantitative estimate of drug-likeness (QED) is 0.629. The Hall–Kier alpha value is -2.25. The van der Waals surface area contributed by atoms with Gasteiger partial charge in [0.05, 0.1) is 5.03 Å². The highest BCUT2D eigenvalue weighted by Gasteiger charge is 2.28. The van der Waals surface area contributed by atoms with Gasteiger partial charge in [-0.05, 0) is 25.5 Å². The number of hydrogen-bond donors (Lipinski definition) is 2. The molecule has 24 heavy (non-hydrogen) atoms. The first-order valence-electron chi connectivity index (χ1n) is 7.27. The van der Waals surface area contributed by atoms with Gasteiger partial charge in [-0.2, -0.15) is 0 Å². The molecule has 2 heterocycles. The molecule has 2 N–H and O–H groups in total. The molecular weight excluding hydrogens is 346 g/mol. The summed E-state index contributed by atoms with van der Waals surface area (Å²) < 4.78 is 0. The summed E-state index contributed by atoms with van der Waals surface area (Å²) in [4.78, 5) is 21.3. The van der Waals surface area contributed by atoms with Crippen LogP contribution >= 0.6 is 23.4 Å². The topological polar surface area (TPSA) is 70.2 Å². The van der Waals surface area contributed by atoms with Gasteiger partial charge < -0.3 is 15.5 Å². The number of aryl methyl sites for hydroxylation is 2. The number of carbonyl (C=O) groups excluding carboxylic acids is 1. The molecule has 0 saturated carbocycles. The van der Waals surface area contributed by atoms with Gasteiger partial charge in [-0.1, -0.05) is 41.6 Å². The van der Waals surface area contributed by atoms with E-state index in [-0.39, 0.29) is 5.50 Å². The molecule has 2 aromatic rings. The number of amides is 1. The predicted octanol–water partition coefficient (Wildman–Crippen LogP) is 3.24. The monoisotopic (exact) mass is 361 g/mol. The summed E-state index contributed by atoms with van der Waals surface area (Å²) in [7, 11) is 0. The van der Waals surface area contributed by atoms with E-state index in [0.717, 1.165) is 16.3 Å². The minimum Gasteiger partial charge on any atom is -0.341 e. The highest BCUT2D eigenvalue weighted by Crippen LogP contribution is 2.36. The zero-order chi connectivity index (χ0) is 17.1. The van der Waals surface area contributed by atoms with Crippen molar-refractivity contribution in [2.24, 2.45) is 0 Å². The third kappa shape index (κ3) is 3.63. The van der Waals surface area contributed by atoms with E-state index in [9.17, 15) is 4.79 Å². The predicted molar refractivity (Wildman–Crippen MR) is 97.7 cm³/mol. The Labute approximate surface area is 149 Å². The minimum atomic E-state index is -0.168. The standard InChI is InChI=1S/C16H16ClN5OS/c1-10-5-3-4-6-12(10)22-8-15(18-9-23)24-16(22)21-14-7-13(17)19-11(2)20-14/h3-9,16H,1-2H3,(H,18,23)(H,19,20,21). The van der Waals surface area contributed by atoms with Gasteiger partial charge in [0.1, 0.15) is 16.8 Å². The third-order valence-electron chi connectivity index (χ3n) is 3.42. The van der Waals surface area contributed by atoms with Gasteiger partial charge >= 0.3 is 0 Å². The lowest BCUT2D eigenvalue weighted by molar-refractivity contribution is -0.108. The minimum absolute atomic E-state index is 0.168. The Balaban J connectivity index is 1.90. The van der Waals surface area contributed by atoms with Crippen molar-refractivity contribution in [1.82, 2.24) is 15.3 Å². The number of nitrogens with zero attached hydrogens (tertiary/aromatic N) is 3. The zero-order valence-electron chi connectivity index (χ0n) is 13.2. The molecule has 1 atom stereocenters. The maximum absolute atomic E-state index is 10.8. The van der Waals surface area contributed by atoms with Crippen LogP contribution < -0.4 is 15.5 Å². The fourth-order valence-corrected chi connectivity index (χ4v) is 3.63. The molecule has 3 rings (SSSR count). The molecule has 1 aliphatic rings. The van der Waals surface area contributed by atoms with E-state index in [2.05, 4.69) is 25.5 Å². The highest BCUT2D eigenvalue weighted by atomic mass is 35.5. The second-order valence-corrected chi connectivity index (χ2v) is 6.70. The second-order valence-electron chi connectivity index (χ2n) is 5.19. The van der Waals surface area contributed by atoms with Gasteiger partial charge in [0.15, 0.2) is 5.50 Å². The molecule has 1 unspecified atom stereocenters. The van der Waals surface area contributed by atoms with Crippen LogP contribution in [0.25, 0.3) is 0 Å². The fraction of sp³-hybridized carbons (Fsp3) is 0.188. The lowest BCUT2D eigenvalue weighted by Gasteiger charge is -2.27. The van der Waals surface area contributed by atoms with Crippen molar-refractivity contribution in [3.63, 3.8) is 0 Å². The van der Waals surface area contributed by atoms with Crippen LogP contribution in [0.5, 0.6) is 0 Å². The first-order chi connectivity index (χ1) is 11.6. The number of anilines is 2. The Morgan fingerprint density at radius 1 is 1.29 bits per heavy atom. The molecule has 1 aliphatic heterocycles. The number of benzene rings is 1. The molecule has 0 aliphatic carbocycles. The van der Waals surface area contributed by atoms with Gasteiger partial charge in [0.2, 0.25) is 6.41 Å². The molecule has 6 nitrogen and oxygen atoms in total. The van der Waals surface area contributed by atoms with Crippen molar-refractivity contribution >= 4 is 41.3 Å². The smallest absolute Gasteiger partial charge is 0.211 e. The number of halogens is 1. The van der Waals surface area contributed by atoms with Gasteiger partial charge in [-0.3, -0.25) is 4.79 Å². The maximum Gasteiger partial charge on any atom is 0.211 e. The van der Waals surface area contributed by atoms with Crippen molar-refractivity contribution in [1.29, 1.82) is 0 Å². The van der Waals surface area contributed by atoms with Crippen LogP contribution in [-0.4, -0.2) is 21.9 Å². The van der Waals surface area contributed by atoms with Gasteiger partial charge in [0, 0.05) is 18.0 Å². The molecule has 1 amide bonds. The van der Waals surface area contributed by atoms with E-state index >= 15 is 0 Å². The molecule has 0 radical (unpaired) electrons. The van der Waals surface area contributed by atoms with Gasteiger partial charge in [0.25, 0.3) is 0 Å². The zero-order valence-corrected chi connectivity index (χ0v) is 14.7. The summed E-state index contributed by atoms with van der Waals surface area (Å²) in [5.41, 5.74) is 2.01. The lowest BCUT2D eigenvalue weighted by atomic mass is 10.2. The van der Waals surface area contributed by atoms with Gasteiger partial charge in [-0.15, -0.1) is 0 Å². The summed E-state index contributed by atoms with van der Waals surface area (Å²) in [6, 6.07) is 9.72. The molecule has 1 aromatic carbocycles. The van der Waals surface area contributed by atoms with E-state index in [1.807, 2.05) is 37.4 Å². The molecule has 124 valence electrons. The molecule has 0 saturated heterocycles. The first kappa shape index (κ1) is 16.6. The number of hydrogen-bond acceptors (Lipinski definition) is 6. The third-order valence-corrected chi connectivity index (χ3v) is 4.66. The summed E-state index contributed by atoms with van der Waals surface area (Å²) >= 11 is 7.49. The summed E-state index contributed by atoms with van der Waals surface area (Å²) in [5.74, 6) is 1.22. The summed E-state index contributed by atoms with van der Waals surface area (Å²) in [5, 5.41) is 7.17.